The summed E-state index contributed by atoms with van der Waals surface area (Å²) in [5, 5.41) is 11.2. The summed E-state index contributed by atoms with van der Waals surface area (Å²) in [6, 6.07) is 27.6. The van der Waals surface area contributed by atoms with Gasteiger partial charge in [0.05, 0.1) is 5.52 Å². The van der Waals surface area contributed by atoms with Gasteiger partial charge in [-0.3, -0.25) is 19.3 Å². The summed E-state index contributed by atoms with van der Waals surface area (Å²) >= 11 is 0. The number of hydrogen-bond acceptors (Lipinski definition) is 5. The van der Waals surface area contributed by atoms with Crippen LogP contribution in [0.15, 0.2) is 103 Å². The van der Waals surface area contributed by atoms with Gasteiger partial charge in [-0.2, -0.15) is 0 Å². The lowest BCUT2D eigenvalue weighted by Gasteiger charge is -2.31. The molecule has 0 aliphatic rings. The Labute approximate surface area is 230 Å². The lowest BCUT2D eigenvalue weighted by atomic mass is 10.0. The molecule has 0 fully saturated rings. The van der Waals surface area contributed by atoms with E-state index in [1.165, 1.54) is 28.6 Å². The van der Waals surface area contributed by atoms with E-state index in [-0.39, 0.29) is 24.7 Å². The Hall–Kier alpha value is -5.18. The summed E-state index contributed by atoms with van der Waals surface area (Å²) in [5.41, 5.74) is 3.54. The Morgan fingerprint density at radius 3 is 2.25 bits per heavy atom. The van der Waals surface area contributed by atoms with Crippen LogP contribution in [0.25, 0.3) is 11.0 Å². The Morgan fingerprint density at radius 2 is 1.55 bits per heavy atom. The van der Waals surface area contributed by atoms with Crippen molar-refractivity contribution < 1.29 is 18.8 Å². The summed E-state index contributed by atoms with van der Waals surface area (Å²) in [4.78, 5) is 41.2. The highest BCUT2D eigenvalue weighted by Gasteiger charge is 2.33. The zero-order chi connectivity index (χ0) is 28.1. The molecule has 8 nitrogen and oxygen atoms in total. The third-order valence-corrected chi connectivity index (χ3v) is 6.53. The predicted octanol–water partition coefficient (Wildman–Crippen LogP) is 4.86. The molecule has 5 rings (SSSR count). The van der Waals surface area contributed by atoms with Gasteiger partial charge in [0.1, 0.15) is 23.9 Å². The quantitative estimate of drug-likeness (QED) is 0.272. The zero-order valence-corrected chi connectivity index (χ0v) is 21.7. The number of hydrogen-bond donors (Lipinski definition) is 1. The lowest BCUT2D eigenvalue weighted by molar-refractivity contribution is -0.127. The fourth-order valence-corrected chi connectivity index (χ4v) is 4.47. The van der Waals surface area contributed by atoms with Crippen molar-refractivity contribution in [3.63, 3.8) is 0 Å². The van der Waals surface area contributed by atoms with Crippen LogP contribution >= 0.6 is 0 Å². The van der Waals surface area contributed by atoms with Crippen LogP contribution in [0, 0.1) is 5.82 Å². The maximum Gasteiger partial charge on any atom is 0.249 e. The van der Waals surface area contributed by atoms with E-state index in [0.717, 1.165) is 0 Å². The van der Waals surface area contributed by atoms with Crippen LogP contribution in [0.2, 0.25) is 0 Å². The van der Waals surface area contributed by atoms with Crippen molar-refractivity contribution in [3.05, 3.63) is 126 Å². The molecule has 200 valence electrons. The Morgan fingerprint density at radius 1 is 0.875 bits per heavy atom. The number of aromatic nitrogens is 3. The Bertz CT molecular complexity index is 1650. The molecule has 0 saturated carbocycles. The van der Waals surface area contributed by atoms with Crippen LogP contribution in [-0.4, -0.2) is 32.6 Å². The molecule has 1 N–H and O–H groups in total. The fraction of sp³-hybridized carbons (Fsp3) is 0.129. The first-order valence-electron chi connectivity index (χ1n) is 12.7. The second-order valence-electron chi connectivity index (χ2n) is 9.26. The molecule has 0 saturated heterocycles. The van der Waals surface area contributed by atoms with Crippen LogP contribution in [0.5, 0.6) is 0 Å². The third kappa shape index (κ3) is 5.78. The summed E-state index contributed by atoms with van der Waals surface area (Å²) in [5.74, 6) is -1.32. The van der Waals surface area contributed by atoms with Crippen molar-refractivity contribution in [1.82, 2.24) is 20.3 Å². The van der Waals surface area contributed by atoms with Crippen molar-refractivity contribution in [3.8, 4) is 0 Å². The molecule has 9 heteroatoms. The molecule has 40 heavy (non-hydrogen) atoms. The second kappa shape index (κ2) is 11.7. The highest BCUT2D eigenvalue weighted by Crippen LogP contribution is 2.29. The van der Waals surface area contributed by atoms with E-state index < -0.39 is 17.9 Å². The average molecular weight is 536 g/mol. The van der Waals surface area contributed by atoms with Gasteiger partial charge in [-0.05, 0) is 66.6 Å². The van der Waals surface area contributed by atoms with Gasteiger partial charge < -0.3 is 5.32 Å². The van der Waals surface area contributed by atoms with Gasteiger partial charge in [0, 0.05) is 17.8 Å². The number of ketones is 1. The van der Waals surface area contributed by atoms with E-state index >= 15 is 0 Å². The largest absolute Gasteiger partial charge is 0.350 e. The van der Waals surface area contributed by atoms with E-state index in [9.17, 15) is 18.8 Å². The molecule has 1 aromatic heterocycles. The SMILES string of the molecule is CC(=O)c1ccc(N(C(=O)Cn2nnc3ccccc32)[C@@H](C(=O)NCc2ccc(F)cc2)c2ccccc2)cc1. The first-order valence-corrected chi connectivity index (χ1v) is 12.7. The molecule has 0 aliphatic carbocycles. The van der Waals surface area contributed by atoms with Gasteiger partial charge in [-0.15, -0.1) is 5.10 Å². The summed E-state index contributed by atoms with van der Waals surface area (Å²) < 4.78 is 14.9. The third-order valence-electron chi connectivity index (χ3n) is 6.53. The van der Waals surface area contributed by atoms with Crippen molar-refractivity contribution in [2.75, 3.05) is 4.90 Å². The highest BCUT2D eigenvalue weighted by molar-refractivity contribution is 6.02. The molecular weight excluding hydrogens is 509 g/mol. The lowest BCUT2D eigenvalue weighted by Crippen LogP contribution is -2.45. The first kappa shape index (κ1) is 26.4. The van der Waals surface area contributed by atoms with Crippen molar-refractivity contribution in [2.24, 2.45) is 0 Å². The molecule has 0 radical (unpaired) electrons. The maximum atomic E-state index is 14.1. The highest BCUT2D eigenvalue weighted by atomic mass is 19.1. The van der Waals surface area contributed by atoms with Gasteiger partial charge in [0.15, 0.2) is 5.78 Å². The van der Waals surface area contributed by atoms with Gasteiger partial charge in [-0.25, -0.2) is 9.07 Å². The monoisotopic (exact) mass is 535 g/mol. The molecule has 1 heterocycles. The number of rotatable bonds is 9. The minimum Gasteiger partial charge on any atom is -0.350 e. The van der Waals surface area contributed by atoms with E-state index in [2.05, 4.69) is 15.6 Å². The Kier molecular flexibility index (Phi) is 7.72. The first-order chi connectivity index (χ1) is 19.4. The number of carbonyl (C=O) groups is 3. The molecule has 2 amide bonds. The number of halogens is 1. The number of para-hydroxylation sites is 1. The minimum atomic E-state index is -1.05. The summed E-state index contributed by atoms with van der Waals surface area (Å²) in [6.07, 6.45) is 0. The number of fused-ring (bicyclic) bond motifs is 1. The number of nitrogens with one attached hydrogen (secondary N) is 1. The number of Topliss-reactive ketones (excluding diaryl/α,β-unsaturated/α-hetero) is 1. The van der Waals surface area contributed by atoms with E-state index in [4.69, 9.17) is 0 Å². The maximum absolute atomic E-state index is 14.1. The molecule has 0 aliphatic heterocycles. The van der Waals surface area contributed by atoms with Crippen LogP contribution in [-0.2, 0) is 22.7 Å². The number of carbonyl (C=O) groups excluding carboxylic acids is 3. The number of nitrogens with zero attached hydrogens (tertiary/aromatic N) is 4. The molecule has 0 spiro atoms. The molecule has 1 atom stereocenters. The van der Waals surface area contributed by atoms with Gasteiger partial charge in [0.2, 0.25) is 11.8 Å². The predicted molar refractivity (Wildman–Crippen MR) is 149 cm³/mol. The van der Waals surface area contributed by atoms with Crippen LogP contribution < -0.4 is 10.2 Å². The van der Waals surface area contributed by atoms with Gasteiger partial charge >= 0.3 is 0 Å². The normalized spacial score (nSPS) is 11.7. The molecular formula is C31H26FN5O3. The van der Waals surface area contributed by atoms with Gasteiger partial charge in [-0.1, -0.05) is 59.8 Å². The minimum absolute atomic E-state index is 0.116. The number of benzene rings is 4. The molecule has 0 unspecified atom stereocenters. The number of anilines is 1. The molecule has 5 aromatic rings. The standard InChI is InChI=1S/C31H26FN5O3/c1-21(38)23-13-17-26(18-14-23)37(29(39)20-36-28-10-6-5-9-27(28)34-35-36)30(24-7-3-2-4-8-24)31(40)33-19-22-11-15-25(32)16-12-22/h2-18,30H,19-20H2,1H3,(H,33,40)/t30-/m1/s1. The van der Waals surface area contributed by atoms with E-state index in [1.807, 2.05) is 24.3 Å². The van der Waals surface area contributed by atoms with Crippen LogP contribution in [0.3, 0.4) is 0 Å². The smallest absolute Gasteiger partial charge is 0.249 e. The fourth-order valence-electron chi connectivity index (χ4n) is 4.47. The van der Waals surface area contributed by atoms with Crippen LogP contribution in [0.4, 0.5) is 10.1 Å². The van der Waals surface area contributed by atoms with E-state index in [1.54, 1.807) is 66.7 Å². The van der Waals surface area contributed by atoms with Gasteiger partial charge in [0.25, 0.3) is 0 Å². The number of amides is 2. The summed E-state index contributed by atoms with van der Waals surface area (Å²) in [7, 11) is 0. The van der Waals surface area contributed by atoms with Crippen molar-refractivity contribution in [1.29, 1.82) is 0 Å². The van der Waals surface area contributed by atoms with Crippen molar-refractivity contribution >= 4 is 34.3 Å². The van der Waals surface area contributed by atoms with Crippen LogP contribution in [0.1, 0.15) is 34.5 Å². The Balaban J connectivity index is 1.54. The molecule has 0 bridgehead atoms. The topological polar surface area (TPSA) is 97.2 Å². The zero-order valence-electron chi connectivity index (χ0n) is 21.7. The average Bonchev–Trinajstić information content (AvgIpc) is 3.38. The molecule has 4 aromatic carbocycles. The van der Waals surface area contributed by atoms with E-state index in [0.29, 0.717) is 33.4 Å². The van der Waals surface area contributed by atoms with Crippen molar-refractivity contribution in [2.45, 2.75) is 26.1 Å². The second-order valence-corrected chi connectivity index (χ2v) is 9.26. The summed E-state index contributed by atoms with van der Waals surface area (Å²) in [6.45, 7) is 1.43.